The van der Waals surface area contributed by atoms with Crippen molar-refractivity contribution in [3.63, 3.8) is 0 Å². The number of hydrogen-bond donors (Lipinski definition) is 1. The summed E-state index contributed by atoms with van der Waals surface area (Å²) in [5.41, 5.74) is 5.77. The van der Waals surface area contributed by atoms with Crippen LogP contribution in [0.2, 0.25) is 0 Å². The lowest BCUT2D eigenvalue weighted by Crippen LogP contribution is -2.12. The smallest absolute Gasteiger partial charge is 0.255 e. The molecule has 0 saturated carbocycles. The van der Waals surface area contributed by atoms with Crippen molar-refractivity contribution >= 4 is 27.5 Å². The lowest BCUT2D eigenvalue weighted by molar-refractivity contribution is 0.102. The lowest BCUT2D eigenvalue weighted by Gasteiger charge is -2.15. The number of anilines is 1. The van der Waals surface area contributed by atoms with Crippen LogP contribution in [0.1, 0.15) is 10.4 Å². The van der Waals surface area contributed by atoms with Crippen LogP contribution in [-0.2, 0) is 0 Å². The minimum Gasteiger partial charge on any atom is -0.321 e. The van der Waals surface area contributed by atoms with Gasteiger partial charge in [-0.2, -0.15) is 0 Å². The van der Waals surface area contributed by atoms with Gasteiger partial charge in [0.05, 0.1) is 0 Å². The number of para-hydroxylation sites is 1. The van der Waals surface area contributed by atoms with E-state index in [1.54, 1.807) is 12.1 Å². The van der Waals surface area contributed by atoms with Crippen LogP contribution in [0.4, 0.5) is 5.69 Å². The quantitative estimate of drug-likeness (QED) is 0.371. The molecule has 4 aromatic rings. The van der Waals surface area contributed by atoms with E-state index in [2.05, 4.69) is 45.5 Å². The highest BCUT2D eigenvalue weighted by Crippen LogP contribution is 2.36. The highest BCUT2D eigenvalue weighted by Gasteiger charge is 2.13. The Labute approximate surface area is 173 Å². The third-order valence-electron chi connectivity index (χ3n) is 4.58. The zero-order valence-corrected chi connectivity index (χ0v) is 16.7. The van der Waals surface area contributed by atoms with Crippen LogP contribution in [0.5, 0.6) is 0 Å². The summed E-state index contributed by atoms with van der Waals surface area (Å²) in [6.07, 6.45) is 0. The predicted octanol–water partition coefficient (Wildman–Crippen LogP) is 7.04. The van der Waals surface area contributed by atoms with Gasteiger partial charge in [0.1, 0.15) is 0 Å². The first-order valence-corrected chi connectivity index (χ1v) is 9.82. The zero-order valence-electron chi connectivity index (χ0n) is 15.1. The van der Waals surface area contributed by atoms with Crippen molar-refractivity contribution in [2.24, 2.45) is 0 Å². The van der Waals surface area contributed by atoms with E-state index < -0.39 is 0 Å². The third kappa shape index (κ3) is 3.90. The number of hydrogen-bond acceptors (Lipinski definition) is 1. The second-order valence-electron chi connectivity index (χ2n) is 6.42. The molecule has 0 fully saturated rings. The number of nitrogens with one attached hydrogen (secondary N) is 1. The van der Waals surface area contributed by atoms with Gasteiger partial charge in [0, 0.05) is 21.3 Å². The molecule has 0 heterocycles. The highest BCUT2D eigenvalue weighted by molar-refractivity contribution is 9.10. The van der Waals surface area contributed by atoms with Crippen LogP contribution in [-0.4, -0.2) is 5.91 Å². The molecule has 0 spiro atoms. The standard InChI is InChI=1S/C25H18BrNO/c26-20-16-14-19(15-17-20)25(28)27-24-13-7-6-12-23(24)22-11-5-4-10-21(22)18-8-2-1-3-9-18/h1-17H,(H,27,28). The first-order valence-electron chi connectivity index (χ1n) is 9.03. The van der Waals surface area contributed by atoms with Gasteiger partial charge in [-0.1, -0.05) is 88.7 Å². The maximum absolute atomic E-state index is 12.7. The van der Waals surface area contributed by atoms with Crippen molar-refractivity contribution in [1.29, 1.82) is 0 Å². The normalized spacial score (nSPS) is 10.5. The molecule has 0 atom stereocenters. The van der Waals surface area contributed by atoms with Crippen molar-refractivity contribution in [3.8, 4) is 22.3 Å². The molecule has 0 aliphatic heterocycles. The first kappa shape index (κ1) is 18.2. The molecule has 1 N–H and O–H groups in total. The van der Waals surface area contributed by atoms with E-state index in [4.69, 9.17) is 0 Å². The average Bonchev–Trinajstić information content (AvgIpc) is 2.75. The van der Waals surface area contributed by atoms with Gasteiger partial charge < -0.3 is 5.32 Å². The van der Waals surface area contributed by atoms with Crippen molar-refractivity contribution in [2.45, 2.75) is 0 Å². The Balaban J connectivity index is 1.73. The Bertz CT molecular complexity index is 1100. The summed E-state index contributed by atoms with van der Waals surface area (Å²) in [6, 6.07) is 33.8. The van der Waals surface area contributed by atoms with Gasteiger partial charge in [0.2, 0.25) is 0 Å². The summed E-state index contributed by atoms with van der Waals surface area (Å²) < 4.78 is 0.946. The molecule has 28 heavy (non-hydrogen) atoms. The molecular weight excluding hydrogens is 410 g/mol. The molecule has 1 amide bonds. The van der Waals surface area contributed by atoms with E-state index in [1.165, 1.54) is 0 Å². The summed E-state index contributed by atoms with van der Waals surface area (Å²) in [5.74, 6) is -0.128. The summed E-state index contributed by atoms with van der Waals surface area (Å²) >= 11 is 3.40. The van der Waals surface area contributed by atoms with Gasteiger partial charge in [-0.25, -0.2) is 0 Å². The van der Waals surface area contributed by atoms with Crippen molar-refractivity contribution < 1.29 is 4.79 Å². The number of carbonyl (C=O) groups excluding carboxylic acids is 1. The van der Waals surface area contributed by atoms with E-state index >= 15 is 0 Å². The van der Waals surface area contributed by atoms with Crippen molar-refractivity contribution in [1.82, 2.24) is 0 Å². The minimum absolute atomic E-state index is 0.128. The summed E-state index contributed by atoms with van der Waals surface area (Å²) in [5, 5.41) is 3.07. The maximum Gasteiger partial charge on any atom is 0.255 e. The molecule has 0 aromatic heterocycles. The van der Waals surface area contributed by atoms with E-state index in [1.807, 2.05) is 66.7 Å². The Morgan fingerprint density at radius 2 is 1.18 bits per heavy atom. The first-order chi connectivity index (χ1) is 13.7. The molecule has 0 unspecified atom stereocenters. The van der Waals surface area contributed by atoms with E-state index in [9.17, 15) is 4.79 Å². The average molecular weight is 428 g/mol. The minimum atomic E-state index is -0.128. The van der Waals surface area contributed by atoms with Crippen LogP contribution in [0.25, 0.3) is 22.3 Å². The molecule has 136 valence electrons. The van der Waals surface area contributed by atoms with Crippen LogP contribution in [0.3, 0.4) is 0 Å². The Hall–Kier alpha value is -3.17. The Kier molecular flexibility index (Phi) is 5.36. The fourth-order valence-electron chi connectivity index (χ4n) is 3.21. The molecule has 4 rings (SSSR count). The molecule has 3 heteroatoms. The van der Waals surface area contributed by atoms with E-state index in [0.717, 1.165) is 32.4 Å². The Morgan fingerprint density at radius 1 is 0.607 bits per heavy atom. The Morgan fingerprint density at radius 3 is 1.89 bits per heavy atom. The summed E-state index contributed by atoms with van der Waals surface area (Å²) in [4.78, 5) is 12.7. The molecule has 0 aliphatic carbocycles. The fraction of sp³-hybridized carbons (Fsp3) is 0. The van der Waals surface area contributed by atoms with Crippen LogP contribution < -0.4 is 5.32 Å². The molecule has 2 nitrogen and oxygen atoms in total. The second kappa shape index (κ2) is 8.24. The van der Waals surface area contributed by atoms with Crippen LogP contribution >= 0.6 is 15.9 Å². The number of halogens is 1. The number of rotatable bonds is 4. The highest BCUT2D eigenvalue weighted by atomic mass is 79.9. The SMILES string of the molecule is O=C(Nc1ccccc1-c1ccccc1-c1ccccc1)c1ccc(Br)cc1. The van der Waals surface area contributed by atoms with E-state index in [0.29, 0.717) is 5.56 Å². The third-order valence-corrected chi connectivity index (χ3v) is 5.11. The van der Waals surface area contributed by atoms with E-state index in [-0.39, 0.29) is 5.91 Å². The summed E-state index contributed by atoms with van der Waals surface area (Å²) in [6.45, 7) is 0. The molecular formula is C25H18BrNO. The van der Waals surface area contributed by atoms with Crippen molar-refractivity contribution in [2.75, 3.05) is 5.32 Å². The van der Waals surface area contributed by atoms with Crippen LogP contribution in [0.15, 0.2) is 108 Å². The fourth-order valence-corrected chi connectivity index (χ4v) is 3.47. The summed E-state index contributed by atoms with van der Waals surface area (Å²) in [7, 11) is 0. The van der Waals surface area contributed by atoms with Gasteiger partial charge >= 0.3 is 0 Å². The largest absolute Gasteiger partial charge is 0.321 e. The maximum atomic E-state index is 12.7. The van der Waals surface area contributed by atoms with Gasteiger partial charge in [-0.3, -0.25) is 4.79 Å². The molecule has 4 aromatic carbocycles. The monoisotopic (exact) mass is 427 g/mol. The molecule has 0 saturated heterocycles. The topological polar surface area (TPSA) is 29.1 Å². The van der Waals surface area contributed by atoms with Gasteiger partial charge in [0.15, 0.2) is 0 Å². The van der Waals surface area contributed by atoms with Gasteiger partial charge in [-0.15, -0.1) is 0 Å². The van der Waals surface area contributed by atoms with Gasteiger partial charge in [0.25, 0.3) is 5.91 Å². The molecule has 0 radical (unpaired) electrons. The van der Waals surface area contributed by atoms with Gasteiger partial charge in [-0.05, 0) is 47.0 Å². The van der Waals surface area contributed by atoms with Crippen LogP contribution in [0, 0.1) is 0 Å². The second-order valence-corrected chi connectivity index (χ2v) is 7.33. The molecule has 0 aliphatic rings. The number of carbonyl (C=O) groups is 1. The number of amides is 1. The molecule has 0 bridgehead atoms. The zero-order chi connectivity index (χ0) is 19.3. The number of benzene rings is 4. The predicted molar refractivity (Wildman–Crippen MR) is 119 cm³/mol. The van der Waals surface area contributed by atoms with Crippen molar-refractivity contribution in [3.05, 3.63) is 113 Å². The lowest BCUT2D eigenvalue weighted by atomic mass is 9.93.